The van der Waals surface area contributed by atoms with Gasteiger partial charge in [-0.25, -0.2) is 0 Å². The van der Waals surface area contributed by atoms with Crippen molar-refractivity contribution in [3.63, 3.8) is 0 Å². The number of fused-ring (bicyclic) bond motifs is 1. The Morgan fingerprint density at radius 1 is 1.04 bits per heavy atom. The second-order valence-electron chi connectivity index (χ2n) is 6.08. The molecule has 0 bridgehead atoms. The quantitative estimate of drug-likeness (QED) is 0.690. The van der Waals surface area contributed by atoms with Crippen molar-refractivity contribution in [1.29, 1.82) is 0 Å². The molecular formula is C20H21NO2. The summed E-state index contributed by atoms with van der Waals surface area (Å²) in [6, 6.07) is 15.6. The van der Waals surface area contributed by atoms with Crippen LogP contribution >= 0.6 is 0 Å². The molecule has 0 spiro atoms. The Balaban J connectivity index is 1.87. The van der Waals surface area contributed by atoms with Gasteiger partial charge in [-0.1, -0.05) is 24.3 Å². The SMILES string of the molecule is Cc1ccc(C(=O)N(C)[C@@H](C)c2cc3ccccc3o2)cc1C. The molecule has 3 rings (SSSR count). The second kappa shape index (κ2) is 5.92. The Kier molecular flexibility index (Phi) is 3.95. The van der Waals surface area contributed by atoms with Gasteiger partial charge in [-0.3, -0.25) is 4.79 Å². The minimum Gasteiger partial charge on any atom is -0.459 e. The highest BCUT2D eigenvalue weighted by Crippen LogP contribution is 2.27. The van der Waals surface area contributed by atoms with Crippen LogP contribution in [0.3, 0.4) is 0 Å². The molecule has 1 amide bonds. The summed E-state index contributed by atoms with van der Waals surface area (Å²) in [5.74, 6) is 0.798. The Labute approximate surface area is 136 Å². The van der Waals surface area contributed by atoms with Gasteiger partial charge in [0.15, 0.2) is 0 Å². The van der Waals surface area contributed by atoms with Crippen LogP contribution < -0.4 is 0 Å². The number of hydrogen-bond donors (Lipinski definition) is 0. The smallest absolute Gasteiger partial charge is 0.254 e. The topological polar surface area (TPSA) is 33.5 Å². The summed E-state index contributed by atoms with van der Waals surface area (Å²) in [5.41, 5.74) is 3.87. The third-order valence-electron chi connectivity index (χ3n) is 4.51. The fourth-order valence-corrected chi connectivity index (χ4v) is 2.65. The van der Waals surface area contributed by atoms with Crippen molar-refractivity contribution >= 4 is 16.9 Å². The van der Waals surface area contributed by atoms with Crippen LogP contribution in [0.15, 0.2) is 52.9 Å². The van der Waals surface area contributed by atoms with Crippen LogP contribution in [0.1, 0.15) is 40.2 Å². The van der Waals surface area contributed by atoms with Crippen LogP contribution in [0.5, 0.6) is 0 Å². The predicted octanol–water partition coefficient (Wildman–Crippen LogP) is 4.88. The zero-order valence-electron chi connectivity index (χ0n) is 14.0. The summed E-state index contributed by atoms with van der Waals surface area (Å²) < 4.78 is 5.89. The van der Waals surface area contributed by atoms with Crippen LogP contribution in [0.25, 0.3) is 11.0 Å². The molecule has 0 fully saturated rings. The van der Waals surface area contributed by atoms with Crippen molar-refractivity contribution in [2.45, 2.75) is 26.8 Å². The average molecular weight is 307 g/mol. The van der Waals surface area contributed by atoms with E-state index in [0.717, 1.165) is 22.3 Å². The zero-order valence-corrected chi connectivity index (χ0v) is 14.0. The molecule has 1 aromatic heterocycles. The Hall–Kier alpha value is -2.55. The first-order valence-corrected chi connectivity index (χ1v) is 7.80. The normalized spacial score (nSPS) is 12.3. The van der Waals surface area contributed by atoms with Gasteiger partial charge in [-0.05, 0) is 56.2 Å². The van der Waals surface area contributed by atoms with E-state index in [9.17, 15) is 4.79 Å². The number of para-hydroxylation sites is 1. The van der Waals surface area contributed by atoms with Crippen molar-refractivity contribution in [2.75, 3.05) is 7.05 Å². The summed E-state index contributed by atoms with van der Waals surface area (Å²) >= 11 is 0. The third kappa shape index (κ3) is 2.87. The first kappa shape index (κ1) is 15.3. The Bertz CT molecular complexity index is 830. The van der Waals surface area contributed by atoms with E-state index in [1.807, 2.05) is 76.3 Å². The van der Waals surface area contributed by atoms with Crippen LogP contribution in [-0.4, -0.2) is 17.9 Å². The van der Waals surface area contributed by atoms with E-state index < -0.39 is 0 Å². The van der Waals surface area contributed by atoms with Crippen molar-refractivity contribution < 1.29 is 9.21 Å². The fraction of sp³-hybridized carbons (Fsp3) is 0.250. The van der Waals surface area contributed by atoms with E-state index in [2.05, 4.69) is 0 Å². The molecule has 1 heterocycles. The van der Waals surface area contributed by atoms with Gasteiger partial charge in [0.05, 0.1) is 6.04 Å². The molecule has 0 aliphatic heterocycles. The van der Waals surface area contributed by atoms with E-state index in [1.54, 1.807) is 4.90 Å². The molecule has 3 nitrogen and oxygen atoms in total. The highest BCUT2D eigenvalue weighted by molar-refractivity contribution is 5.94. The highest BCUT2D eigenvalue weighted by atomic mass is 16.3. The summed E-state index contributed by atoms with van der Waals surface area (Å²) in [4.78, 5) is 14.4. The van der Waals surface area contributed by atoms with E-state index in [1.165, 1.54) is 5.56 Å². The van der Waals surface area contributed by atoms with Crippen LogP contribution in [0.2, 0.25) is 0 Å². The molecule has 0 aliphatic rings. The molecule has 0 saturated carbocycles. The average Bonchev–Trinajstić information content (AvgIpc) is 2.99. The van der Waals surface area contributed by atoms with Gasteiger partial charge < -0.3 is 9.32 Å². The molecule has 0 aliphatic carbocycles. The van der Waals surface area contributed by atoms with Gasteiger partial charge in [0, 0.05) is 18.0 Å². The Morgan fingerprint density at radius 2 is 1.78 bits per heavy atom. The summed E-state index contributed by atoms with van der Waals surface area (Å²) in [6.45, 7) is 6.05. The predicted molar refractivity (Wildman–Crippen MR) is 92.6 cm³/mol. The van der Waals surface area contributed by atoms with E-state index in [0.29, 0.717) is 5.56 Å². The lowest BCUT2D eigenvalue weighted by Gasteiger charge is -2.23. The van der Waals surface area contributed by atoms with Crippen molar-refractivity contribution in [3.05, 3.63) is 71.0 Å². The number of aryl methyl sites for hydroxylation is 2. The molecule has 0 N–H and O–H groups in total. The minimum absolute atomic E-state index is 0.000978. The maximum absolute atomic E-state index is 12.7. The standard InChI is InChI=1S/C20H21NO2/c1-13-9-10-17(11-14(13)2)20(22)21(4)15(3)19-12-16-7-5-6-8-18(16)23-19/h5-12,15H,1-4H3/t15-/m0/s1. The van der Waals surface area contributed by atoms with Gasteiger partial charge in [0.25, 0.3) is 5.91 Å². The van der Waals surface area contributed by atoms with E-state index in [4.69, 9.17) is 4.42 Å². The van der Waals surface area contributed by atoms with Gasteiger partial charge in [0.2, 0.25) is 0 Å². The highest BCUT2D eigenvalue weighted by Gasteiger charge is 2.22. The van der Waals surface area contributed by atoms with Crippen molar-refractivity contribution in [1.82, 2.24) is 4.90 Å². The monoisotopic (exact) mass is 307 g/mol. The first-order chi connectivity index (χ1) is 11.0. The molecule has 3 heteroatoms. The Morgan fingerprint density at radius 3 is 2.48 bits per heavy atom. The molecule has 0 saturated heterocycles. The minimum atomic E-state index is -0.128. The van der Waals surface area contributed by atoms with Gasteiger partial charge in [-0.15, -0.1) is 0 Å². The number of carbonyl (C=O) groups is 1. The summed E-state index contributed by atoms with van der Waals surface area (Å²) in [7, 11) is 1.81. The molecule has 1 atom stereocenters. The lowest BCUT2D eigenvalue weighted by atomic mass is 10.0. The number of carbonyl (C=O) groups excluding carboxylic acids is 1. The largest absolute Gasteiger partial charge is 0.459 e. The number of furan rings is 1. The molecule has 23 heavy (non-hydrogen) atoms. The van der Waals surface area contributed by atoms with E-state index >= 15 is 0 Å². The van der Waals surface area contributed by atoms with Crippen LogP contribution in [-0.2, 0) is 0 Å². The number of benzene rings is 2. The van der Waals surface area contributed by atoms with Gasteiger partial charge >= 0.3 is 0 Å². The lowest BCUT2D eigenvalue weighted by molar-refractivity contribution is 0.0727. The van der Waals surface area contributed by atoms with Crippen molar-refractivity contribution in [2.24, 2.45) is 0 Å². The fourth-order valence-electron chi connectivity index (χ4n) is 2.65. The van der Waals surface area contributed by atoms with Gasteiger partial charge in [-0.2, -0.15) is 0 Å². The molecule has 2 aromatic carbocycles. The maximum atomic E-state index is 12.7. The summed E-state index contributed by atoms with van der Waals surface area (Å²) in [5, 5.41) is 1.06. The van der Waals surface area contributed by atoms with Gasteiger partial charge in [0.1, 0.15) is 11.3 Å². The number of amides is 1. The third-order valence-corrected chi connectivity index (χ3v) is 4.51. The number of nitrogens with zero attached hydrogens (tertiary/aromatic N) is 1. The molecule has 0 radical (unpaired) electrons. The molecule has 0 unspecified atom stereocenters. The zero-order chi connectivity index (χ0) is 16.6. The molecular weight excluding hydrogens is 286 g/mol. The van der Waals surface area contributed by atoms with Crippen LogP contribution in [0.4, 0.5) is 0 Å². The maximum Gasteiger partial charge on any atom is 0.254 e. The first-order valence-electron chi connectivity index (χ1n) is 7.80. The number of hydrogen-bond acceptors (Lipinski definition) is 2. The van der Waals surface area contributed by atoms with E-state index in [-0.39, 0.29) is 11.9 Å². The molecule has 3 aromatic rings. The lowest BCUT2D eigenvalue weighted by Crippen LogP contribution is -2.29. The second-order valence-corrected chi connectivity index (χ2v) is 6.08. The molecule has 118 valence electrons. The van der Waals surface area contributed by atoms with Crippen LogP contribution in [0, 0.1) is 13.8 Å². The summed E-state index contributed by atoms with van der Waals surface area (Å²) in [6.07, 6.45) is 0. The number of rotatable bonds is 3. The van der Waals surface area contributed by atoms with Crippen molar-refractivity contribution in [3.8, 4) is 0 Å².